The summed E-state index contributed by atoms with van der Waals surface area (Å²) < 4.78 is 0. The second-order valence-corrected chi connectivity index (χ2v) is 5.16. The lowest BCUT2D eigenvalue weighted by Gasteiger charge is -1.99. The zero-order valence-electron chi connectivity index (χ0n) is 13.3. The summed E-state index contributed by atoms with van der Waals surface area (Å²) in [6.45, 7) is 11.7. The standard InChI is InChI=1S/C12H16.C9H10/c1-3-5-6-12-9-7-11(4-2)8-10-12;1-3-9-6-4-8(2)5-7-9/h4,7-10H,2-3,5-6H2,1H3;3-7H,1H2,2H3. The van der Waals surface area contributed by atoms with Crippen molar-refractivity contribution in [1.82, 2.24) is 0 Å². The van der Waals surface area contributed by atoms with Crippen molar-refractivity contribution in [2.45, 2.75) is 33.1 Å². The molecule has 0 aliphatic carbocycles. The zero-order chi connectivity index (χ0) is 15.5. The lowest BCUT2D eigenvalue weighted by Crippen LogP contribution is -1.83. The fourth-order valence-electron chi connectivity index (χ4n) is 1.90. The van der Waals surface area contributed by atoms with Gasteiger partial charge in [-0.15, -0.1) is 0 Å². The van der Waals surface area contributed by atoms with E-state index >= 15 is 0 Å². The molecule has 2 aromatic carbocycles. The van der Waals surface area contributed by atoms with Crippen molar-refractivity contribution in [2.24, 2.45) is 0 Å². The smallest absolute Gasteiger partial charge is 0.0262 e. The van der Waals surface area contributed by atoms with E-state index in [-0.39, 0.29) is 0 Å². The Hall–Kier alpha value is -2.08. The largest absolute Gasteiger partial charge is 0.0985 e. The number of hydrogen-bond acceptors (Lipinski definition) is 0. The summed E-state index contributed by atoms with van der Waals surface area (Å²) in [4.78, 5) is 0. The molecule has 0 bridgehead atoms. The molecule has 0 saturated heterocycles. The van der Waals surface area contributed by atoms with Crippen LogP contribution in [0.15, 0.2) is 61.7 Å². The minimum atomic E-state index is 1.18. The van der Waals surface area contributed by atoms with E-state index in [9.17, 15) is 0 Å². The van der Waals surface area contributed by atoms with Gasteiger partial charge in [-0.05, 0) is 36.5 Å². The molecule has 0 nitrogen and oxygen atoms in total. The molecule has 0 aliphatic heterocycles. The Morgan fingerprint density at radius 3 is 1.71 bits per heavy atom. The van der Waals surface area contributed by atoms with E-state index in [1.165, 1.54) is 41.5 Å². The van der Waals surface area contributed by atoms with E-state index in [1.54, 1.807) is 0 Å². The van der Waals surface area contributed by atoms with Crippen LogP contribution < -0.4 is 0 Å². The predicted octanol–water partition coefficient (Wildman–Crippen LogP) is 6.31. The Kier molecular flexibility index (Phi) is 7.89. The van der Waals surface area contributed by atoms with E-state index in [2.05, 4.69) is 75.5 Å². The van der Waals surface area contributed by atoms with Gasteiger partial charge in [-0.3, -0.25) is 0 Å². The molecule has 2 aromatic rings. The second-order valence-electron chi connectivity index (χ2n) is 5.16. The quantitative estimate of drug-likeness (QED) is 0.601. The number of unbranched alkanes of at least 4 members (excludes halogenated alkanes) is 1. The summed E-state index contributed by atoms with van der Waals surface area (Å²) >= 11 is 0. The molecular formula is C21H26. The fourth-order valence-corrected chi connectivity index (χ4v) is 1.90. The lowest BCUT2D eigenvalue weighted by molar-refractivity contribution is 0.795. The Balaban J connectivity index is 0.000000219. The van der Waals surface area contributed by atoms with Crippen LogP contribution in [0.3, 0.4) is 0 Å². The van der Waals surface area contributed by atoms with Gasteiger partial charge in [0, 0.05) is 0 Å². The summed E-state index contributed by atoms with van der Waals surface area (Å²) in [6, 6.07) is 16.9. The number of benzene rings is 2. The molecule has 0 fully saturated rings. The monoisotopic (exact) mass is 278 g/mol. The van der Waals surface area contributed by atoms with Crippen LogP contribution in [0.5, 0.6) is 0 Å². The predicted molar refractivity (Wildman–Crippen MR) is 96.4 cm³/mol. The highest BCUT2D eigenvalue weighted by atomic mass is 14.0. The van der Waals surface area contributed by atoms with E-state index in [0.717, 1.165) is 0 Å². The summed E-state index contributed by atoms with van der Waals surface area (Å²) in [7, 11) is 0. The lowest BCUT2D eigenvalue weighted by atomic mass is 10.1. The maximum atomic E-state index is 3.72. The van der Waals surface area contributed by atoms with Gasteiger partial charge in [0.25, 0.3) is 0 Å². The average Bonchev–Trinajstić information content (AvgIpc) is 2.55. The van der Waals surface area contributed by atoms with Gasteiger partial charge in [0.05, 0.1) is 0 Å². The average molecular weight is 278 g/mol. The van der Waals surface area contributed by atoms with E-state index in [1.807, 2.05) is 12.2 Å². The van der Waals surface area contributed by atoms with Crippen LogP contribution in [0, 0.1) is 6.92 Å². The van der Waals surface area contributed by atoms with Gasteiger partial charge in [0.1, 0.15) is 0 Å². The van der Waals surface area contributed by atoms with Gasteiger partial charge >= 0.3 is 0 Å². The molecule has 0 amide bonds. The first kappa shape index (κ1) is 17.0. The van der Waals surface area contributed by atoms with Crippen LogP contribution >= 0.6 is 0 Å². The number of hydrogen-bond donors (Lipinski definition) is 0. The van der Waals surface area contributed by atoms with Crippen molar-refractivity contribution < 1.29 is 0 Å². The normalized spacial score (nSPS) is 9.43. The first-order valence-corrected chi connectivity index (χ1v) is 7.60. The maximum absolute atomic E-state index is 3.72. The molecule has 110 valence electrons. The van der Waals surface area contributed by atoms with Crippen molar-refractivity contribution in [3.05, 3.63) is 83.9 Å². The van der Waals surface area contributed by atoms with Crippen molar-refractivity contribution in [2.75, 3.05) is 0 Å². The first-order valence-electron chi connectivity index (χ1n) is 7.60. The molecule has 0 spiro atoms. The second kappa shape index (κ2) is 9.77. The van der Waals surface area contributed by atoms with Gasteiger partial charge in [0.15, 0.2) is 0 Å². The first-order chi connectivity index (χ1) is 10.2. The molecule has 0 aliphatic rings. The van der Waals surface area contributed by atoms with Gasteiger partial charge in [-0.2, -0.15) is 0 Å². The van der Waals surface area contributed by atoms with Crippen molar-refractivity contribution in [3.63, 3.8) is 0 Å². The summed E-state index contributed by atoms with van der Waals surface area (Å²) in [5.41, 5.74) is 5.11. The maximum Gasteiger partial charge on any atom is -0.0262 e. The molecule has 0 aromatic heterocycles. The Labute approximate surface area is 129 Å². The van der Waals surface area contributed by atoms with Crippen LogP contribution in [-0.4, -0.2) is 0 Å². The van der Waals surface area contributed by atoms with E-state index in [4.69, 9.17) is 0 Å². The highest BCUT2D eigenvalue weighted by molar-refractivity contribution is 5.47. The molecule has 0 saturated carbocycles. The molecule has 21 heavy (non-hydrogen) atoms. The highest BCUT2D eigenvalue weighted by Crippen LogP contribution is 2.08. The Morgan fingerprint density at radius 1 is 0.810 bits per heavy atom. The Bertz CT molecular complexity index is 529. The molecule has 0 N–H and O–H groups in total. The van der Waals surface area contributed by atoms with Gasteiger partial charge < -0.3 is 0 Å². The molecule has 2 rings (SSSR count). The van der Waals surface area contributed by atoms with Crippen LogP contribution in [0.4, 0.5) is 0 Å². The van der Waals surface area contributed by atoms with Crippen LogP contribution in [0.1, 0.15) is 42.0 Å². The highest BCUT2D eigenvalue weighted by Gasteiger charge is 1.91. The molecule has 0 unspecified atom stereocenters. The fraction of sp³-hybridized carbons (Fsp3) is 0.238. The summed E-state index contributed by atoms with van der Waals surface area (Å²) in [6.07, 6.45) is 7.48. The molecule has 0 radical (unpaired) electrons. The third kappa shape index (κ3) is 6.76. The summed E-state index contributed by atoms with van der Waals surface area (Å²) in [5, 5.41) is 0. The number of rotatable bonds is 5. The third-order valence-corrected chi connectivity index (χ3v) is 3.35. The minimum absolute atomic E-state index is 1.18. The SMILES string of the molecule is C=Cc1ccc(C)cc1.C=Cc1ccc(CCCC)cc1. The molecular weight excluding hydrogens is 252 g/mol. The van der Waals surface area contributed by atoms with E-state index < -0.39 is 0 Å². The van der Waals surface area contributed by atoms with Crippen LogP contribution in [0.2, 0.25) is 0 Å². The van der Waals surface area contributed by atoms with Gasteiger partial charge in [-0.25, -0.2) is 0 Å². The van der Waals surface area contributed by atoms with Crippen molar-refractivity contribution >= 4 is 12.2 Å². The number of aryl methyl sites for hydroxylation is 2. The van der Waals surface area contributed by atoms with Crippen molar-refractivity contribution in [1.29, 1.82) is 0 Å². The van der Waals surface area contributed by atoms with E-state index in [0.29, 0.717) is 0 Å². The minimum Gasteiger partial charge on any atom is -0.0985 e. The van der Waals surface area contributed by atoms with Gasteiger partial charge in [0.2, 0.25) is 0 Å². The summed E-state index contributed by atoms with van der Waals surface area (Å²) in [5.74, 6) is 0. The molecule has 0 heteroatoms. The molecule has 0 heterocycles. The Morgan fingerprint density at radius 2 is 1.29 bits per heavy atom. The third-order valence-electron chi connectivity index (χ3n) is 3.35. The zero-order valence-corrected chi connectivity index (χ0v) is 13.3. The van der Waals surface area contributed by atoms with Crippen LogP contribution in [0.25, 0.3) is 12.2 Å². The topological polar surface area (TPSA) is 0 Å². The van der Waals surface area contributed by atoms with Crippen molar-refractivity contribution in [3.8, 4) is 0 Å². The molecule has 0 atom stereocenters. The van der Waals surface area contributed by atoms with Gasteiger partial charge in [-0.1, -0.05) is 92.7 Å². The van der Waals surface area contributed by atoms with Crippen LogP contribution in [-0.2, 0) is 6.42 Å².